The van der Waals surface area contributed by atoms with E-state index in [9.17, 15) is 13.6 Å². The van der Waals surface area contributed by atoms with Crippen molar-refractivity contribution in [2.45, 2.75) is 32.2 Å². The van der Waals surface area contributed by atoms with E-state index in [-0.39, 0.29) is 11.3 Å². The molecule has 2 aromatic carbocycles. The van der Waals surface area contributed by atoms with Crippen LogP contribution in [0.2, 0.25) is 0 Å². The van der Waals surface area contributed by atoms with Gasteiger partial charge < -0.3 is 9.88 Å². The van der Waals surface area contributed by atoms with Gasteiger partial charge in [0, 0.05) is 24.8 Å². The zero-order valence-corrected chi connectivity index (χ0v) is 17.1. The molecule has 7 nitrogen and oxygen atoms in total. The largest absolute Gasteiger partial charge is 0.321 e. The Hall–Kier alpha value is -3.88. The maximum atomic E-state index is 14.6. The van der Waals surface area contributed by atoms with Gasteiger partial charge in [-0.25, -0.2) is 13.5 Å². The average molecular weight is 434 g/mol. The first-order valence-corrected chi connectivity index (χ1v) is 10.4. The van der Waals surface area contributed by atoms with Crippen molar-refractivity contribution in [2.24, 2.45) is 0 Å². The molecule has 2 aromatic heterocycles. The van der Waals surface area contributed by atoms with E-state index in [0.29, 0.717) is 17.2 Å². The molecule has 162 valence electrons. The van der Waals surface area contributed by atoms with Crippen molar-refractivity contribution in [3.05, 3.63) is 77.9 Å². The number of aryl methyl sites for hydroxylation is 1. The highest BCUT2D eigenvalue weighted by molar-refractivity contribution is 6.03. The molecule has 1 amide bonds. The molecule has 3 heterocycles. The third-order valence-corrected chi connectivity index (χ3v) is 5.47. The molecular formula is C23H20F2N6O. The fraction of sp³-hybridized carbons (Fsp3) is 0.217. The summed E-state index contributed by atoms with van der Waals surface area (Å²) in [7, 11) is 0. The average Bonchev–Trinajstić information content (AvgIpc) is 3.37. The first-order chi connectivity index (χ1) is 15.6. The maximum absolute atomic E-state index is 14.6. The first kappa shape index (κ1) is 20.0. The molecule has 0 bridgehead atoms. The number of nitrogens with zero attached hydrogens (tertiary/aromatic N) is 5. The Morgan fingerprint density at radius 1 is 1.00 bits per heavy atom. The van der Waals surface area contributed by atoms with Gasteiger partial charge in [-0.3, -0.25) is 4.79 Å². The van der Waals surface area contributed by atoms with Crippen molar-refractivity contribution < 1.29 is 13.6 Å². The van der Waals surface area contributed by atoms with Crippen LogP contribution in [0.25, 0.3) is 17.1 Å². The van der Waals surface area contributed by atoms with E-state index in [4.69, 9.17) is 0 Å². The van der Waals surface area contributed by atoms with E-state index in [0.717, 1.165) is 38.1 Å². The monoisotopic (exact) mass is 434 g/mol. The van der Waals surface area contributed by atoms with Crippen molar-refractivity contribution in [3.8, 4) is 17.1 Å². The number of anilines is 1. The van der Waals surface area contributed by atoms with Crippen LogP contribution < -0.4 is 5.32 Å². The van der Waals surface area contributed by atoms with E-state index >= 15 is 0 Å². The summed E-state index contributed by atoms with van der Waals surface area (Å²) in [6.07, 6.45) is 5.52. The Balaban J connectivity index is 1.39. The highest BCUT2D eigenvalue weighted by Crippen LogP contribution is 2.27. The van der Waals surface area contributed by atoms with Crippen molar-refractivity contribution in [2.75, 3.05) is 5.32 Å². The predicted octanol–water partition coefficient (Wildman–Crippen LogP) is 4.39. The van der Waals surface area contributed by atoms with Gasteiger partial charge in [0.2, 0.25) is 0 Å². The summed E-state index contributed by atoms with van der Waals surface area (Å²) in [5.41, 5.74) is 1.35. The van der Waals surface area contributed by atoms with Gasteiger partial charge >= 0.3 is 0 Å². The molecule has 0 aliphatic carbocycles. The molecule has 5 rings (SSSR count). The minimum Gasteiger partial charge on any atom is -0.321 e. The lowest BCUT2D eigenvalue weighted by atomic mass is 10.1. The van der Waals surface area contributed by atoms with Crippen molar-refractivity contribution in [1.82, 2.24) is 24.5 Å². The standard InChI is InChI=1S/C23H20F2N6O/c24-15-5-4-6-17(13-15)31-12-10-20(29-31)23(32)26-16-8-9-19(25)18(14-16)22-28-27-21-7-2-1-3-11-30(21)22/h4-6,8-10,12-14H,1-3,7,11H2,(H,26,32). The number of hydrogen-bond donors (Lipinski definition) is 1. The van der Waals surface area contributed by atoms with E-state index in [1.807, 2.05) is 4.57 Å². The van der Waals surface area contributed by atoms with Gasteiger partial charge in [0.15, 0.2) is 11.5 Å². The lowest BCUT2D eigenvalue weighted by molar-refractivity contribution is 0.102. The predicted molar refractivity (Wildman–Crippen MR) is 114 cm³/mol. The summed E-state index contributed by atoms with van der Waals surface area (Å²) >= 11 is 0. The van der Waals surface area contributed by atoms with E-state index in [1.165, 1.54) is 35.0 Å². The van der Waals surface area contributed by atoms with E-state index in [1.54, 1.807) is 24.4 Å². The number of benzene rings is 2. The second-order valence-electron chi connectivity index (χ2n) is 7.68. The fourth-order valence-corrected chi connectivity index (χ4v) is 3.86. The smallest absolute Gasteiger partial charge is 0.276 e. The molecule has 32 heavy (non-hydrogen) atoms. The van der Waals surface area contributed by atoms with Gasteiger partial charge in [-0.15, -0.1) is 10.2 Å². The number of carbonyl (C=O) groups excluding carboxylic acids is 1. The van der Waals surface area contributed by atoms with Gasteiger partial charge in [-0.05, 0) is 55.3 Å². The van der Waals surface area contributed by atoms with Crippen LogP contribution in [0.3, 0.4) is 0 Å². The molecule has 9 heteroatoms. The Kier molecular flexibility index (Phi) is 5.22. The summed E-state index contributed by atoms with van der Waals surface area (Å²) in [5.74, 6) is 0.0323. The van der Waals surface area contributed by atoms with Crippen molar-refractivity contribution in [1.29, 1.82) is 0 Å². The zero-order chi connectivity index (χ0) is 22.1. The summed E-state index contributed by atoms with van der Waals surface area (Å²) < 4.78 is 31.5. The highest BCUT2D eigenvalue weighted by Gasteiger charge is 2.20. The van der Waals surface area contributed by atoms with Crippen LogP contribution in [0.15, 0.2) is 54.7 Å². The summed E-state index contributed by atoms with van der Waals surface area (Å²) in [5, 5.41) is 15.4. The molecule has 1 N–H and O–H groups in total. The summed E-state index contributed by atoms with van der Waals surface area (Å²) in [6.45, 7) is 0.741. The minimum absolute atomic E-state index is 0.150. The number of carbonyl (C=O) groups is 1. The lowest BCUT2D eigenvalue weighted by Crippen LogP contribution is -2.13. The number of amides is 1. The maximum Gasteiger partial charge on any atom is 0.276 e. The van der Waals surface area contributed by atoms with Crippen LogP contribution in [0, 0.1) is 11.6 Å². The third kappa shape index (κ3) is 3.89. The molecule has 0 atom stereocenters. The topological polar surface area (TPSA) is 77.6 Å². The number of fused-ring (bicyclic) bond motifs is 1. The Labute approximate surface area is 182 Å². The normalized spacial score (nSPS) is 13.4. The molecule has 0 saturated carbocycles. The van der Waals surface area contributed by atoms with Crippen LogP contribution in [-0.2, 0) is 13.0 Å². The number of halogens is 2. The molecule has 0 fully saturated rings. The summed E-state index contributed by atoms with van der Waals surface area (Å²) in [6, 6.07) is 11.8. The SMILES string of the molecule is O=C(Nc1ccc(F)c(-c2nnc3n2CCCCC3)c1)c1ccn(-c2cccc(F)c2)n1. The molecular weight excluding hydrogens is 414 g/mol. The van der Waals surface area contributed by atoms with E-state index in [2.05, 4.69) is 20.6 Å². The fourth-order valence-electron chi connectivity index (χ4n) is 3.86. The quantitative estimate of drug-likeness (QED) is 0.517. The van der Waals surface area contributed by atoms with Gasteiger partial charge in [-0.1, -0.05) is 12.5 Å². The Morgan fingerprint density at radius 2 is 1.91 bits per heavy atom. The van der Waals surface area contributed by atoms with Crippen LogP contribution in [-0.4, -0.2) is 30.5 Å². The van der Waals surface area contributed by atoms with Gasteiger partial charge in [-0.2, -0.15) is 5.10 Å². The first-order valence-electron chi connectivity index (χ1n) is 10.4. The molecule has 0 unspecified atom stereocenters. The zero-order valence-electron chi connectivity index (χ0n) is 17.1. The number of hydrogen-bond acceptors (Lipinski definition) is 4. The Bertz CT molecular complexity index is 1300. The van der Waals surface area contributed by atoms with Crippen molar-refractivity contribution >= 4 is 11.6 Å². The van der Waals surface area contributed by atoms with Gasteiger partial charge in [0.25, 0.3) is 5.91 Å². The van der Waals surface area contributed by atoms with Gasteiger partial charge in [0.1, 0.15) is 17.5 Å². The third-order valence-electron chi connectivity index (χ3n) is 5.47. The number of rotatable bonds is 4. The number of nitrogens with one attached hydrogen (secondary N) is 1. The minimum atomic E-state index is -0.460. The van der Waals surface area contributed by atoms with Crippen LogP contribution in [0.1, 0.15) is 35.6 Å². The molecule has 0 radical (unpaired) electrons. The second-order valence-corrected chi connectivity index (χ2v) is 7.68. The molecule has 1 aliphatic rings. The van der Waals surface area contributed by atoms with Crippen LogP contribution >= 0.6 is 0 Å². The summed E-state index contributed by atoms with van der Waals surface area (Å²) in [4.78, 5) is 12.7. The molecule has 4 aromatic rings. The van der Waals surface area contributed by atoms with Crippen LogP contribution in [0.4, 0.5) is 14.5 Å². The van der Waals surface area contributed by atoms with Crippen LogP contribution in [0.5, 0.6) is 0 Å². The molecule has 1 aliphatic heterocycles. The van der Waals surface area contributed by atoms with Gasteiger partial charge in [0.05, 0.1) is 11.3 Å². The molecule has 0 spiro atoms. The van der Waals surface area contributed by atoms with E-state index < -0.39 is 17.5 Å². The highest BCUT2D eigenvalue weighted by atomic mass is 19.1. The Morgan fingerprint density at radius 3 is 2.78 bits per heavy atom. The lowest BCUT2D eigenvalue weighted by Gasteiger charge is -2.10. The number of aromatic nitrogens is 5. The molecule has 0 saturated heterocycles. The van der Waals surface area contributed by atoms with Crippen molar-refractivity contribution in [3.63, 3.8) is 0 Å². The second kappa shape index (κ2) is 8.33.